The average Bonchev–Trinajstić information content (AvgIpc) is 3.03. The highest BCUT2D eigenvalue weighted by molar-refractivity contribution is 6.30. The Morgan fingerprint density at radius 3 is 2.65 bits per heavy atom. The fourth-order valence-electron chi connectivity index (χ4n) is 3.15. The highest BCUT2D eigenvalue weighted by Gasteiger charge is 2.33. The van der Waals surface area contributed by atoms with Crippen LogP contribution in [-0.4, -0.2) is 62.8 Å². The van der Waals surface area contributed by atoms with Crippen LogP contribution in [0.3, 0.4) is 0 Å². The van der Waals surface area contributed by atoms with E-state index in [1.54, 1.807) is 7.11 Å². The number of anilines is 1. The Bertz CT molecular complexity index is 536. The van der Waals surface area contributed by atoms with Gasteiger partial charge in [-0.25, -0.2) is 0 Å². The average molecular weight is 360 g/mol. The van der Waals surface area contributed by atoms with Crippen molar-refractivity contribution in [3.8, 4) is 0 Å². The Labute approximate surface area is 148 Å². The van der Waals surface area contributed by atoms with Crippen LogP contribution in [0.5, 0.6) is 0 Å². The Morgan fingerprint density at radius 2 is 2.04 bits per heavy atom. The summed E-state index contributed by atoms with van der Waals surface area (Å²) in [6.07, 6.45) is 0.922. The molecule has 0 spiro atoms. The molecule has 2 aliphatic rings. The van der Waals surface area contributed by atoms with E-state index in [-0.39, 0.29) is 30.5 Å². The van der Waals surface area contributed by atoms with Crippen LogP contribution < -0.4 is 10.2 Å². The number of halogens is 2. The topological polar surface area (TPSA) is 44.8 Å². The van der Waals surface area contributed by atoms with Crippen molar-refractivity contribution in [2.75, 3.05) is 44.7 Å². The van der Waals surface area contributed by atoms with Crippen molar-refractivity contribution in [1.82, 2.24) is 10.2 Å². The summed E-state index contributed by atoms with van der Waals surface area (Å²) >= 11 is 6.05. The first-order chi connectivity index (χ1) is 10.7. The van der Waals surface area contributed by atoms with Crippen molar-refractivity contribution in [1.29, 1.82) is 0 Å². The lowest BCUT2D eigenvalue weighted by molar-refractivity contribution is -0.133. The third-order valence-corrected chi connectivity index (χ3v) is 4.72. The van der Waals surface area contributed by atoms with Gasteiger partial charge in [0.2, 0.25) is 5.91 Å². The highest BCUT2D eigenvalue weighted by Crippen LogP contribution is 2.21. The lowest BCUT2D eigenvalue weighted by Gasteiger charge is -2.37. The van der Waals surface area contributed by atoms with Crippen molar-refractivity contribution in [2.45, 2.75) is 18.6 Å². The van der Waals surface area contributed by atoms with E-state index in [9.17, 15) is 4.79 Å². The number of carbonyl (C=O) groups is 1. The molecule has 3 rings (SSSR count). The zero-order valence-corrected chi connectivity index (χ0v) is 14.8. The molecule has 1 aromatic rings. The summed E-state index contributed by atoms with van der Waals surface area (Å²) in [5.74, 6) is 0.199. The molecule has 1 N–H and O–H groups in total. The summed E-state index contributed by atoms with van der Waals surface area (Å²) in [4.78, 5) is 16.8. The summed E-state index contributed by atoms with van der Waals surface area (Å²) in [5.41, 5.74) is 1.12. The molecule has 0 aliphatic carbocycles. The minimum absolute atomic E-state index is 0. The number of methoxy groups -OCH3 is 1. The van der Waals surface area contributed by atoms with E-state index in [1.807, 2.05) is 23.1 Å². The molecule has 2 aliphatic heterocycles. The second-order valence-corrected chi connectivity index (χ2v) is 6.28. The molecule has 2 saturated heterocycles. The first-order valence-corrected chi connectivity index (χ1v) is 8.10. The van der Waals surface area contributed by atoms with Crippen molar-refractivity contribution < 1.29 is 9.53 Å². The monoisotopic (exact) mass is 359 g/mol. The molecule has 0 radical (unpaired) electrons. The molecule has 23 heavy (non-hydrogen) atoms. The number of carbonyl (C=O) groups excluding carboxylic acids is 1. The summed E-state index contributed by atoms with van der Waals surface area (Å²) in [5, 5.41) is 4.00. The van der Waals surface area contributed by atoms with E-state index < -0.39 is 0 Å². The van der Waals surface area contributed by atoms with Gasteiger partial charge in [0.1, 0.15) is 0 Å². The summed E-state index contributed by atoms with van der Waals surface area (Å²) in [6.45, 7) is 3.94. The smallest absolute Gasteiger partial charge is 0.239 e. The Balaban J connectivity index is 0.00000192. The van der Waals surface area contributed by atoms with Gasteiger partial charge in [-0.05, 0) is 24.6 Å². The summed E-state index contributed by atoms with van der Waals surface area (Å²) in [6, 6.07) is 7.78. The molecule has 1 amide bonds. The van der Waals surface area contributed by atoms with Gasteiger partial charge in [-0.1, -0.05) is 17.7 Å². The molecule has 0 saturated carbocycles. The van der Waals surface area contributed by atoms with Gasteiger partial charge in [0.15, 0.2) is 0 Å². The van der Waals surface area contributed by atoms with E-state index in [0.717, 1.165) is 49.9 Å². The molecule has 5 nitrogen and oxygen atoms in total. The highest BCUT2D eigenvalue weighted by atomic mass is 35.5. The Morgan fingerprint density at radius 1 is 1.30 bits per heavy atom. The molecule has 128 valence electrons. The fourth-order valence-corrected chi connectivity index (χ4v) is 3.33. The van der Waals surface area contributed by atoms with Gasteiger partial charge >= 0.3 is 0 Å². The SMILES string of the molecule is CO[C@@H]1CN[C@H](C(=O)N2CCN(c3cccc(Cl)c3)CC2)C1.Cl. The van der Waals surface area contributed by atoms with Crippen molar-refractivity contribution >= 4 is 35.6 Å². The lowest BCUT2D eigenvalue weighted by Crippen LogP contribution is -2.53. The number of benzene rings is 1. The van der Waals surface area contributed by atoms with Gasteiger partial charge in [0.05, 0.1) is 12.1 Å². The molecule has 1 aromatic carbocycles. The molecule has 0 aromatic heterocycles. The fraction of sp³-hybridized carbons (Fsp3) is 0.562. The van der Waals surface area contributed by atoms with E-state index in [0.29, 0.717) is 0 Å². The van der Waals surface area contributed by atoms with Crippen LogP contribution in [0.4, 0.5) is 5.69 Å². The molecule has 2 fully saturated rings. The normalized spacial score (nSPS) is 24.4. The van der Waals surface area contributed by atoms with E-state index in [4.69, 9.17) is 16.3 Å². The van der Waals surface area contributed by atoms with Crippen molar-refractivity contribution in [3.63, 3.8) is 0 Å². The summed E-state index contributed by atoms with van der Waals surface area (Å²) < 4.78 is 5.31. The molecule has 7 heteroatoms. The van der Waals surface area contributed by atoms with Gasteiger partial charge in [-0.15, -0.1) is 12.4 Å². The van der Waals surface area contributed by atoms with Gasteiger partial charge < -0.3 is 19.9 Å². The second-order valence-electron chi connectivity index (χ2n) is 5.85. The van der Waals surface area contributed by atoms with Crippen molar-refractivity contribution in [3.05, 3.63) is 29.3 Å². The minimum atomic E-state index is -0.0948. The maximum Gasteiger partial charge on any atom is 0.239 e. The number of ether oxygens (including phenoxy) is 1. The maximum atomic E-state index is 12.5. The molecular weight excluding hydrogens is 337 g/mol. The zero-order chi connectivity index (χ0) is 15.5. The number of amides is 1. The number of rotatable bonds is 3. The number of hydrogen-bond donors (Lipinski definition) is 1. The van der Waals surface area contributed by atoms with Crippen LogP contribution in [0.2, 0.25) is 5.02 Å². The van der Waals surface area contributed by atoms with Crippen LogP contribution in [0, 0.1) is 0 Å². The number of nitrogens with one attached hydrogen (secondary N) is 1. The Kier molecular flexibility index (Phi) is 6.53. The lowest BCUT2D eigenvalue weighted by atomic mass is 10.1. The van der Waals surface area contributed by atoms with Crippen LogP contribution >= 0.6 is 24.0 Å². The summed E-state index contributed by atoms with van der Waals surface area (Å²) in [7, 11) is 1.70. The van der Waals surface area contributed by atoms with Gasteiger partial charge in [-0.2, -0.15) is 0 Å². The van der Waals surface area contributed by atoms with E-state index in [2.05, 4.69) is 16.3 Å². The first-order valence-electron chi connectivity index (χ1n) is 7.73. The standard InChI is InChI=1S/C16H22ClN3O2.ClH/c1-22-14-10-15(18-11-14)16(21)20-7-5-19(6-8-20)13-4-2-3-12(17)9-13;/h2-4,9,14-15,18H,5-8,10-11H2,1H3;1H/t14-,15-;/m0./s1. The predicted molar refractivity (Wildman–Crippen MR) is 94.7 cm³/mol. The van der Waals surface area contributed by atoms with Crippen LogP contribution in [-0.2, 0) is 9.53 Å². The first kappa shape index (κ1) is 18.3. The quantitative estimate of drug-likeness (QED) is 0.893. The van der Waals surface area contributed by atoms with Gasteiger partial charge in [-0.3, -0.25) is 4.79 Å². The Hall–Kier alpha value is -1.01. The van der Waals surface area contributed by atoms with Gasteiger partial charge in [0, 0.05) is 50.5 Å². The minimum Gasteiger partial charge on any atom is -0.380 e. The van der Waals surface area contributed by atoms with E-state index >= 15 is 0 Å². The maximum absolute atomic E-state index is 12.5. The van der Waals surface area contributed by atoms with E-state index in [1.165, 1.54) is 0 Å². The van der Waals surface area contributed by atoms with Crippen LogP contribution in [0.15, 0.2) is 24.3 Å². The third kappa shape index (κ3) is 4.29. The van der Waals surface area contributed by atoms with Crippen LogP contribution in [0.1, 0.15) is 6.42 Å². The second kappa shape index (κ2) is 8.20. The van der Waals surface area contributed by atoms with Gasteiger partial charge in [0.25, 0.3) is 0 Å². The third-order valence-electron chi connectivity index (χ3n) is 4.49. The molecule has 0 bridgehead atoms. The molecule has 2 atom stereocenters. The number of nitrogens with zero attached hydrogens (tertiary/aromatic N) is 2. The molecule has 2 heterocycles. The molecular formula is C16H23Cl2N3O2. The number of hydrogen-bond acceptors (Lipinski definition) is 4. The number of piperazine rings is 1. The zero-order valence-electron chi connectivity index (χ0n) is 13.2. The van der Waals surface area contributed by atoms with Crippen molar-refractivity contribution in [2.24, 2.45) is 0 Å². The molecule has 0 unspecified atom stereocenters. The predicted octanol–water partition coefficient (Wildman–Crippen LogP) is 1.79. The largest absolute Gasteiger partial charge is 0.380 e. The van der Waals surface area contributed by atoms with Crippen LogP contribution in [0.25, 0.3) is 0 Å².